The van der Waals surface area contributed by atoms with Crippen LogP contribution in [-0.4, -0.2) is 37.0 Å². The number of halogens is 4. The van der Waals surface area contributed by atoms with Gasteiger partial charge in [0.15, 0.2) is 17.5 Å². The zero-order valence-corrected chi connectivity index (χ0v) is 20.3. The van der Waals surface area contributed by atoms with E-state index in [0.717, 1.165) is 24.3 Å². The van der Waals surface area contributed by atoms with E-state index in [1.54, 1.807) is 0 Å². The lowest BCUT2D eigenvalue weighted by Crippen LogP contribution is -2.34. The van der Waals surface area contributed by atoms with Crippen LogP contribution in [0, 0.1) is 23.3 Å². The highest BCUT2D eigenvalue weighted by Gasteiger charge is 2.30. The molecule has 0 atom stereocenters. The molecule has 200 valence electrons. The van der Waals surface area contributed by atoms with Crippen molar-refractivity contribution in [1.82, 2.24) is 19.9 Å². The number of aliphatic hydroxyl groups is 1. The fraction of sp³-hybridized carbons (Fsp3) is 0.120. The molecule has 0 bridgehead atoms. The minimum Gasteiger partial charge on any atom is -0.382 e. The number of pyridine rings is 2. The van der Waals surface area contributed by atoms with Crippen molar-refractivity contribution in [3.8, 4) is 22.6 Å². The van der Waals surface area contributed by atoms with E-state index in [0.29, 0.717) is 17.2 Å². The Morgan fingerprint density at radius 2 is 1.64 bits per heavy atom. The van der Waals surface area contributed by atoms with Gasteiger partial charge in [-0.3, -0.25) is 4.79 Å². The Morgan fingerprint density at radius 1 is 0.923 bits per heavy atom. The van der Waals surface area contributed by atoms with Crippen LogP contribution in [0.3, 0.4) is 0 Å². The fourth-order valence-electron chi connectivity index (χ4n) is 3.62. The van der Waals surface area contributed by atoms with Crippen molar-refractivity contribution >= 4 is 23.4 Å². The molecular formula is C25H19F4N7O3. The third-order valence-corrected chi connectivity index (χ3v) is 5.40. The molecule has 39 heavy (non-hydrogen) atoms. The maximum atomic E-state index is 15.8. The summed E-state index contributed by atoms with van der Waals surface area (Å²) in [6, 6.07) is 4.27. The zero-order chi connectivity index (χ0) is 28.6. The standard InChI is InChI=1S/C25H19F4N7O3/c1-25(2,39)23-32-8-7-16(34-23)20-18(29)21(15(28)10-33-20)36(24(31)38)17-6-5-13(22(30)37)19(35-17)12-4-3-11(26)9-14(12)27/h3-10,39H,1-2H3,(H2,30,37)(H2,31,38). The summed E-state index contributed by atoms with van der Waals surface area (Å²) < 4.78 is 58.9. The maximum Gasteiger partial charge on any atom is 0.325 e. The second-order valence-corrected chi connectivity index (χ2v) is 8.67. The third-order valence-electron chi connectivity index (χ3n) is 5.40. The number of nitrogens with zero attached hydrogens (tertiary/aromatic N) is 5. The van der Waals surface area contributed by atoms with Crippen LogP contribution < -0.4 is 16.4 Å². The van der Waals surface area contributed by atoms with E-state index in [-0.39, 0.29) is 22.6 Å². The van der Waals surface area contributed by atoms with Crippen molar-refractivity contribution in [2.24, 2.45) is 11.5 Å². The van der Waals surface area contributed by atoms with Gasteiger partial charge >= 0.3 is 6.03 Å². The predicted octanol–water partition coefficient (Wildman–Crippen LogP) is 3.70. The summed E-state index contributed by atoms with van der Waals surface area (Å²) in [4.78, 5) is 40.6. The molecule has 10 nitrogen and oxygen atoms in total. The van der Waals surface area contributed by atoms with Crippen LogP contribution in [0.25, 0.3) is 22.6 Å². The van der Waals surface area contributed by atoms with E-state index in [1.807, 2.05) is 0 Å². The van der Waals surface area contributed by atoms with Gasteiger partial charge in [-0.25, -0.2) is 47.2 Å². The van der Waals surface area contributed by atoms with Crippen LogP contribution in [0.5, 0.6) is 0 Å². The molecule has 0 aliphatic carbocycles. The smallest absolute Gasteiger partial charge is 0.325 e. The number of hydrogen-bond donors (Lipinski definition) is 3. The number of urea groups is 1. The van der Waals surface area contributed by atoms with Gasteiger partial charge in [0.25, 0.3) is 5.91 Å². The molecule has 3 heterocycles. The van der Waals surface area contributed by atoms with Crippen LogP contribution in [-0.2, 0) is 5.60 Å². The van der Waals surface area contributed by atoms with Gasteiger partial charge in [-0.05, 0) is 44.2 Å². The van der Waals surface area contributed by atoms with Crippen molar-refractivity contribution in [3.05, 3.63) is 83.4 Å². The minimum atomic E-state index is -1.51. The molecule has 0 spiro atoms. The lowest BCUT2D eigenvalue weighted by atomic mass is 10.0. The van der Waals surface area contributed by atoms with E-state index in [2.05, 4.69) is 19.9 Å². The normalized spacial score (nSPS) is 11.4. The molecule has 4 rings (SSSR count). The van der Waals surface area contributed by atoms with Gasteiger partial charge in [-0.1, -0.05) is 0 Å². The molecule has 0 saturated heterocycles. The SMILES string of the molecule is CC(C)(O)c1nccc(-c2ncc(F)c(N(C(N)=O)c3ccc(C(N)=O)c(-c4ccc(F)cc4F)n3)c2F)n1. The molecule has 0 radical (unpaired) electrons. The summed E-state index contributed by atoms with van der Waals surface area (Å²) in [6.07, 6.45) is 1.83. The van der Waals surface area contributed by atoms with Crippen LogP contribution in [0.15, 0.2) is 48.8 Å². The number of nitrogens with two attached hydrogens (primary N) is 2. The summed E-state index contributed by atoms with van der Waals surface area (Å²) in [7, 11) is 0. The second-order valence-electron chi connectivity index (χ2n) is 8.67. The molecule has 3 aromatic heterocycles. The number of carbonyl (C=O) groups excluding carboxylic acids is 2. The highest BCUT2D eigenvalue weighted by Crippen LogP contribution is 2.36. The molecule has 0 aliphatic heterocycles. The van der Waals surface area contributed by atoms with Crippen molar-refractivity contribution in [3.63, 3.8) is 0 Å². The summed E-state index contributed by atoms with van der Waals surface area (Å²) in [5.41, 5.74) is 6.48. The first kappa shape index (κ1) is 27.1. The first-order chi connectivity index (χ1) is 18.3. The summed E-state index contributed by atoms with van der Waals surface area (Å²) in [5, 5.41) is 10.2. The first-order valence-electron chi connectivity index (χ1n) is 11.1. The van der Waals surface area contributed by atoms with E-state index < -0.39 is 63.7 Å². The summed E-state index contributed by atoms with van der Waals surface area (Å²) >= 11 is 0. The van der Waals surface area contributed by atoms with Gasteiger partial charge in [0, 0.05) is 17.8 Å². The lowest BCUT2D eigenvalue weighted by Gasteiger charge is -2.23. The summed E-state index contributed by atoms with van der Waals surface area (Å²) in [6.45, 7) is 2.79. The van der Waals surface area contributed by atoms with Crippen molar-refractivity contribution in [1.29, 1.82) is 0 Å². The average Bonchev–Trinajstić information content (AvgIpc) is 2.85. The van der Waals surface area contributed by atoms with Gasteiger partial charge in [0.2, 0.25) is 0 Å². The van der Waals surface area contributed by atoms with Gasteiger partial charge in [0.1, 0.15) is 34.4 Å². The van der Waals surface area contributed by atoms with E-state index in [9.17, 15) is 23.5 Å². The van der Waals surface area contributed by atoms with Crippen molar-refractivity contribution < 1.29 is 32.3 Å². The van der Waals surface area contributed by atoms with Gasteiger partial charge in [-0.15, -0.1) is 0 Å². The molecule has 0 fully saturated rings. The Bertz CT molecular complexity index is 1630. The number of benzene rings is 1. The number of amides is 3. The van der Waals surface area contributed by atoms with Crippen LogP contribution in [0.4, 0.5) is 33.9 Å². The van der Waals surface area contributed by atoms with E-state index in [1.165, 1.54) is 26.1 Å². The molecule has 0 saturated carbocycles. The monoisotopic (exact) mass is 541 g/mol. The van der Waals surface area contributed by atoms with E-state index >= 15 is 8.78 Å². The number of primary amides is 2. The van der Waals surface area contributed by atoms with Crippen LogP contribution in [0.2, 0.25) is 0 Å². The zero-order valence-electron chi connectivity index (χ0n) is 20.3. The predicted molar refractivity (Wildman–Crippen MR) is 130 cm³/mol. The number of anilines is 2. The second kappa shape index (κ2) is 10.1. The Balaban J connectivity index is 1.93. The number of carbonyl (C=O) groups is 2. The number of aromatic nitrogens is 4. The van der Waals surface area contributed by atoms with Crippen LogP contribution in [0.1, 0.15) is 30.0 Å². The molecule has 1 aromatic carbocycles. The average molecular weight is 541 g/mol. The molecule has 14 heteroatoms. The Kier molecular flexibility index (Phi) is 6.98. The van der Waals surface area contributed by atoms with Gasteiger partial charge < -0.3 is 16.6 Å². The summed E-state index contributed by atoms with van der Waals surface area (Å²) in [5.74, 6) is -6.42. The molecule has 3 amide bonds. The van der Waals surface area contributed by atoms with Gasteiger partial charge in [0.05, 0.1) is 23.1 Å². The minimum absolute atomic E-state index is 0.0893. The number of rotatable bonds is 6. The maximum absolute atomic E-state index is 15.8. The molecule has 5 N–H and O–H groups in total. The number of hydrogen-bond acceptors (Lipinski definition) is 7. The Labute approximate surface area is 218 Å². The van der Waals surface area contributed by atoms with Crippen LogP contribution >= 0.6 is 0 Å². The van der Waals surface area contributed by atoms with Crippen molar-refractivity contribution in [2.75, 3.05) is 4.90 Å². The topological polar surface area (TPSA) is 161 Å². The Morgan fingerprint density at radius 3 is 2.26 bits per heavy atom. The molecular weight excluding hydrogens is 522 g/mol. The third kappa shape index (κ3) is 5.22. The molecule has 0 unspecified atom stereocenters. The highest BCUT2D eigenvalue weighted by molar-refractivity contribution is 6.02. The largest absolute Gasteiger partial charge is 0.382 e. The first-order valence-corrected chi connectivity index (χ1v) is 11.1. The fourth-order valence-corrected chi connectivity index (χ4v) is 3.62. The quantitative estimate of drug-likeness (QED) is 0.314. The molecule has 0 aliphatic rings. The highest BCUT2D eigenvalue weighted by atomic mass is 19.1. The van der Waals surface area contributed by atoms with Gasteiger partial charge in [-0.2, -0.15) is 0 Å². The van der Waals surface area contributed by atoms with Crippen molar-refractivity contribution in [2.45, 2.75) is 19.4 Å². The molecule has 4 aromatic rings. The Hall–Kier alpha value is -4.98. The van der Waals surface area contributed by atoms with E-state index in [4.69, 9.17) is 11.5 Å². The lowest BCUT2D eigenvalue weighted by molar-refractivity contribution is 0.0688.